The summed E-state index contributed by atoms with van der Waals surface area (Å²) in [4.78, 5) is 24.8. The van der Waals surface area contributed by atoms with Gasteiger partial charge in [0, 0.05) is 50.2 Å². The third kappa shape index (κ3) is 7.89. The lowest BCUT2D eigenvalue weighted by atomic mass is 9.76. The summed E-state index contributed by atoms with van der Waals surface area (Å²) in [5, 5.41) is 0. The molecule has 2 fully saturated rings. The molecule has 0 N–H and O–H groups in total. The second-order valence-corrected chi connectivity index (χ2v) is 13.1. The topological polar surface area (TPSA) is 81.5 Å². The molecule has 0 aliphatic carbocycles. The number of halogens is 5. The predicted octanol–water partition coefficient (Wildman–Crippen LogP) is 6.26. The highest BCUT2D eigenvalue weighted by atomic mass is 19.4. The van der Waals surface area contributed by atoms with Crippen molar-refractivity contribution in [3.63, 3.8) is 0 Å². The lowest BCUT2D eigenvalue weighted by Gasteiger charge is -2.33. The van der Waals surface area contributed by atoms with E-state index in [0.29, 0.717) is 85.4 Å². The number of carbonyl (C=O) groups is 1. The number of hydrogen-bond donors (Lipinski definition) is 0. The number of nitrogens with zero attached hydrogens (tertiary/aromatic N) is 5. The van der Waals surface area contributed by atoms with Crippen molar-refractivity contribution in [1.82, 2.24) is 19.4 Å². The SMILES string of the molecule is COc1cc(C(=O)N2CCC(CCN3CCCN(c4nc5ccccc5n4CCOC(F)(F)F)CC3)(c3ccc(F)c(F)c3)C2)cc(OC)c1OC. The van der Waals surface area contributed by atoms with E-state index < -0.39 is 30.0 Å². The Hall–Kier alpha value is -4.63. The van der Waals surface area contributed by atoms with E-state index >= 15 is 0 Å². The summed E-state index contributed by atoms with van der Waals surface area (Å²) in [6, 6.07) is 14.5. The van der Waals surface area contributed by atoms with Crippen molar-refractivity contribution < 1.29 is 45.7 Å². The number of hydrogen-bond acceptors (Lipinski definition) is 8. The number of likely N-dealkylation sites (tertiary alicyclic amines) is 1. The van der Waals surface area contributed by atoms with Gasteiger partial charge in [-0.1, -0.05) is 18.2 Å². The Kier molecular flexibility index (Phi) is 11.1. The fraction of sp³-hybridized carbons (Fsp3) is 0.459. The van der Waals surface area contributed by atoms with Gasteiger partial charge >= 0.3 is 6.36 Å². The number of fused-ring (bicyclic) bond motifs is 1. The molecule has 0 radical (unpaired) electrons. The van der Waals surface area contributed by atoms with Gasteiger partial charge in [0.05, 0.1) is 39.0 Å². The zero-order valence-corrected chi connectivity index (χ0v) is 29.3. The van der Waals surface area contributed by atoms with Gasteiger partial charge in [-0.2, -0.15) is 0 Å². The van der Waals surface area contributed by atoms with Crippen LogP contribution in [0, 0.1) is 11.6 Å². The van der Waals surface area contributed by atoms with Crippen LogP contribution < -0.4 is 19.1 Å². The number of aromatic nitrogens is 2. The second kappa shape index (κ2) is 15.5. The number of anilines is 1. The number of benzene rings is 3. The van der Waals surface area contributed by atoms with E-state index in [2.05, 4.69) is 14.5 Å². The molecule has 52 heavy (non-hydrogen) atoms. The van der Waals surface area contributed by atoms with Crippen LogP contribution in [-0.4, -0.2) is 105 Å². The van der Waals surface area contributed by atoms with Crippen molar-refractivity contribution in [2.24, 2.45) is 0 Å². The van der Waals surface area contributed by atoms with Gasteiger partial charge in [0.25, 0.3) is 5.91 Å². The number of ether oxygens (including phenoxy) is 4. The predicted molar refractivity (Wildman–Crippen MR) is 184 cm³/mol. The summed E-state index contributed by atoms with van der Waals surface area (Å²) in [5.41, 5.74) is 1.73. The van der Waals surface area contributed by atoms with Crippen LogP contribution in [0.5, 0.6) is 17.2 Å². The van der Waals surface area contributed by atoms with Gasteiger partial charge in [0.15, 0.2) is 23.1 Å². The molecule has 15 heteroatoms. The monoisotopic (exact) mass is 731 g/mol. The van der Waals surface area contributed by atoms with E-state index in [-0.39, 0.29) is 19.0 Å². The van der Waals surface area contributed by atoms with Crippen molar-refractivity contribution in [1.29, 1.82) is 0 Å². The minimum atomic E-state index is -4.73. The Morgan fingerprint density at radius 1 is 0.865 bits per heavy atom. The van der Waals surface area contributed by atoms with E-state index in [1.807, 2.05) is 24.3 Å². The van der Waals surface area contributed by atoms with Gasteiger partial charge in [-0.05, 0) is 74.3 Å². The Morgan fingerprint density at radius 2 is 1.62 bits per heavy atom. The second-order valence-electron chi connectivity index (χ2n) is 13.1. The van der Waals surface area contributed by atoms with Gasteiger partial charge in [-0.15, -0.1) is 13.2 Å². The summed E-state index contributed by atoms with van der Waals surface area (Å²) in [6.07, 6.45) is -2.84. The molecule has 0 saturated carbocycles. The van der Waals surface area contributed by atoms with Gasteiger partial charge in [-0.3, -0.25) is 9.53 Å². The molecular formula is C37H42F5N5O5. The number of carbonyl (C=O) groups excluding carboxylic acids is 1. The summed E-state index contributed by atoms with van der Waals surface area (Å²) in [7, 11) is 4.43. The van der Waals surface area contributed by atoms with Crippen LogP contribution in [0.25, 0.3) is 11.0 Å². The van der Waals surface area contributed by atoms with Crippen LogP contribution in [0.4, 0.5) is 27.9 Å². The van der Waals surface area contributed by atoms with Gasteiger partial charge in [0.2, 0.25) is 11.7 Å². The van der Waals surface area contributed by atoms with Crippen molar-refractivity contribution >= 4 is 22.9 Å². The highest BCUT2D eigenvalue weighted by Gasteiger charge is 2.42. The highest BCUT2D eigenvalue weighted by molar-refractivity contribution is 5.96. The molecule has 2 aliphatic rings. The summed E-state index contributed by atoms with van der Waals surface area (Å²) < 4.78 is 89.4. The fourth-order valence-electron chi connectivity index (χ4n) is 7.39. The minimum Gasteiger partial charge on any atom is -0.493 e. The average Bonchev–Trinajstić information content (AvgIpc) is 3.65. The van der Waals surface area contributed by atoms with Gasteiger partial charge in [-0.25, -0.2) is 13.8 Å². The maximum Gasteiger partial charge on any atom is 0.522 e. The van der Waals surface area contributed by atoms with Crippen LogP contribution >= 0.6 is 0 Å². The Morgan fingerprint density at radius 3 is 2.31 bits per heavy atom. The maximum atomic E-state index is 14.7. The van der Waals surface area contributed by atoms with Gasteiger partial charge < -0.3 is 33.5 Å². The first kappa shape index (κ1) is 37.1. The van der Waals surface area contributed by atoms with Crippen molar-refractivity contribution in [3.8, 4) is 17.2 Å². The maximum absolute atomic E-state index is 14.7. The Labute approximate surface area is 298 Å². The quantitative estimate of drug-likeness (QED) is 0.158. The molecule has 2 aliphatic heterocycles. The molecule has 0 spiro atoms. The van der Waals surface area contributed by atoms with E-state index in [9.17, 15) is 26.7 Å². The molecule has 10 nitrogen and oxygen atoms in total. The standard InChI is InChI=1S/C37H42F5N5O5/c1-49-31-21-25(22-32(50-2)33(31)51-3)34(48)46-16-12-36(24-46,26-9-10-27(38)28(39)23-26)11-15-44-13-6-14-45(18-17-44)35-43-29-7-4-5-8-30(29)47(35)19-20-52-37(40,41)42/h4-5,7-10,21-23H,6,11-20,24H2,1-3H3. The van der Waals surface area contributed by atoms with E-state index in [1.165, 1.54) is 27.4 Å². The molecule has 4 aromatic rings. The molecule has 0 bridgehead atoms. The largest absolute Gasteiger partial charge is 0.522 e. The van der Waals surface area contributed by atoms with Crippen LogP contribution in [0.15, 0.2) is 54.6 Å². The molecule has 1 atom stereocenters. The first-order valence-corrected chi connectivity index (χ1v) is 17.1. The zero-order chi connectivity index (χ0) is 37.0. The lowest BCUT2D eigenvalue weighted by molar-refractivity contribution is -0.325. The number of amides is 1. The fourth-order valence-corrected chi connectivity index (χ4v) is 7.39. The normalized spacial score (nSPS) is 18.5. The Balaban J connectivity index is 1.19. The summed E-state index contributed by atoms with van der Waals surface area (Å²) in [5.74, 6) is -0.497. The van der Waals surface area contributed by atoms with Crippen molar-refractivity contribution in [2.45, 2.75) is 37.6 Å². The highest BCUT2D eigenvalue weighted by Crippen LogP contribution is 2.42. The number of rotatable bonds is 12. The van der Waals surface area contributed by atoms with Crippen LogP contribution in [0.3, 0.4) is 0 Å². The van der Waals surface area contributed by atoms with Crippen LogP contribution in [0.1, 0.15) is 35.2 Å². The van der Waals surface area contributed by atoms with E-state index in [0.717, 1.165) is 24.5 Å². The average molecular weight is 732 g/mol. The molecule has 1 unspecified atom stereocenters. The molecular weight excluding hydrogens is 689 g/mol. The molecule has 1 amide bonds. The minimum absolute atomic E-state index is 0.0162. The smallest absolute Gasteiger partial charge is 0.493 e. The third-order valence-corrected chi connectivity index (χ3v) is 10.1. The Bertz CT molecular complexity index is 1860. The third-order valence-electron chi connectivity index (χ3n) is 10.1. The van der Waals surface area contributed by atoms with Gasteiger partial charge in [0.1, 0.15) is 0 Å². The molecule has 3 aromatic carbocycles. The number of alkyl halides is 3. The van der Waals surface area contributed by atoms with Crippen LogP contribution in [0.2, 0.25) is 0 Å². The van der Waals surface area contributed by atoms with E-state index in [4.69, 9.17) is 19.2 Å². The molecule has 1 aromatic heterocycles. The summed E-state index contributed by atoms with van der Waals surface area (Å²) in [6.45, 7) is 3.36. The summed E-state index contributed by atoms with van der Waals surface area (Å²) >= 11 is 0. The number of para-hydroxylation sites is 2. The molecule has 280 valence electrons. The van der Waals surface area contributed by atoms with E-state index in [1.54, 1.807) is 27.7 Å². The van der Waals surface area contributed by atoms with Crippen molar-refractivity contribution in [3.05, 3.63) is 77.4 Å². The number of imidazole rings is 1. The van der Waals surface area contributed by atoms with Crippen molar-refractivity contribution in [2.75, 3.05) is 78.6 Å². The lowest BCUT2D eigenvalue weighted by Crippen LogP contribution is -2.39. The zero-order valence-electron chi connectivity index (χ0n) is 29.3. The first-order valence-electron chi connectivity index (χ1n) is 17.1. The molecule has 6 rings (SSSR count). The molecule has 3 heterocycles. The number of methoxy groups -OCH3 is 3. The first-order chi connectivity index (χ1) is 24.9. The van der Waals surface area contributed by atoms with Crippen LogP contribution in [-0.2, 0) is 16.7 Å². The molecule has 2 saturated heterocycles.